The molecule has 1 amide bonds. The molecule has 0 saturated heterocycles. The van der Waals surface area contributed by atoms with Crippen LogP contribution in [0.2, 0.25) is 5.02 Å². The molecule has 0 radical (unpaired) electrons. The lowest BCUT2D eigenvalue weighted by Crippen LogP contribution is -2.10. The number of carbonyl (C=O) groups excluding carboxylic acids is 1. The number of amides is 1. The van der Waals surface area contributed by atoms with Crippen molar-refractivity contribution in [1.82, 2.24) is 5.32 Å². The molecule has 0 spiro atoms. The average molecular weight is 462 g/mol. The molecule has 0 atom stereocenters. The van der Waals surface area contributed by atoms with Gasteiger partial charge in [0.2, 0.25) is 0 Å². The zero-order chi connectivity index (χ0) is 23.4. The number of fused-ring (bicyclic) bond motifs is 1. The van der Waals surface area contributed by atoms with Crippen LogP contribution in [0.1, 0.15) is 28.7 Å². The van der Waals surface area contributed by atoms with Crippen LogP contribution in [0.15, 0.2) is 66.7 Å². The monoisotopic (exact) mass is 461 g/mol. The second kappa shape index (κ2) is 9.90. The van der Waals surface area contributed by atoms with Gasteiger partial charge >= 0.3 is 5.97 Å². The number of hydrogen-bond donors (Lipinski definition) is 4. The van der Waals surface area contributed by atoms with Crippen molar-refractivity contribution in [1.29, 1.82) is 0 Å². The Hall–Kier alpha value is -3.61. The topological polar surface area (TPSA) is 90.5 Å². The Labute approximate surface area is 197 Å². The van der Waals surface area contributed by atoms with E-state index in [4.69, 9.17) is 16.7 Å². The molecule has 4 rings (SSSR count). The number of rotatable bonds is 8. The Balaban J connectivity index is 1.75. The molecule has 33 heavy (non-hydrogen) atoms. The number of aryl methyl sites for hydroxylation is 1. The fourth-order valence-electron chi connectivity index (χ4n) is 3.82. The molecule has 4 N–H and O–H groups in total. The lowest BCUT2D eigenvalue weighted by atomic mass is 9.98. The van der Waals surface area contributed by atoms with Crippen LogP contribution in [-0.4, -0.2) is 24.0 Å². The number of hydrogen-bond acceptors (Lipinski definition) is 4. The lowest BCUT2D eigenvalue weighted by Gasteiger charge is -2.16. The van der Waals surface area contributed by atoms with Gasteiger partial charge in [0.25, 0.3) is 5.91 Å². The molecule has 0 aliphatic carbocycles. The molecule has 3 aromatic rings. The van der Waals surface area contributed by atoms with Gasteiger partial charge in [0.15, 0.2) is 0 Å². The van der Waals surface area contributed by atoms with Crippen LogP contribution in [0.25, 0.3) is 11.3 Å². The van der Waals surface area contributed by atoms with Crippen LogP contribution < -0.4 is 16.0 Å². The summed E-state index contributed by atoms with van der Waals surface area (Å²) in [4.78, 5) is 23.9. The molecule has 7 heteroatoms. The van der Waals surface area contributed by atoms with Gasteiger partial charge in [-0.05, 0) is 54.4 Å². The molecular weight excluding hydrogens is 438 g/mol. The number of benzene rings is 3. The van der Waals surface area contributed by atoms with Gasteiger partial charge in [-0.1, -0.05) is 54.1 Å². The molecule has 168 valence electrons. The van der Waals surface area contributed by atoms with Gasteiger partial charge in [-0.25, -0.2) is 0 Å². The summed E-state index contributed by atoms with van der Waals surface area (Å²) in [5, 5.41) is 19.0. The van der Waals surface area contributed by atoms with E-state index in [2.05, 4.69) is 16.0 Å². The standard InChI is InChI=1S/C26H24ClN3O3/c1-28-15-17-4-10-20(11-5-17)29-25(18-7-2-16(3-8-18)6-13-23(31)32)24-21-12-9-19(27)14-22(21)30-26(24)33/h2-5,7-12,14,28-29H,6,13,15H2,1H3,(H,30,33)(H,31,32). The maximum Gasteiger partial charge on any atom is 0.303 e. The summed E-state index contributed by atoms with van der Waals surface area (Å²) in [6.45, 7) is 0.766. The minimum atomic E-state index is -0.830. The first kappa shape index (κ1) is 22.6. The third-order valence-electron chi connectivity index (χ3n) is 5.45. The van der Waals surface area contributed by atoms with Crippen LogP contribution in [0, 0.1) is 0 Å². The number of carboxylic acid groups (broad SMARTS) is 1. The molecule has 0 aromatic heterocycles. The SMILES string of the molecule is CNCc1ccc(NC(=C2C(=O)Nc3cc(Cl)ccc32)c2ccc(CCC(=O)O)cc2)cc1. The van der Waals surface area contributed by atoms with Crippen LogP contribution in [0.4, 0.5) is 11.4 Å². The van der Waals surface area contributed by atoms with Crippen LogP contribution in [0.3, 0.4) is 0 Å². The van der Waals surface area contributed by atoms with Crippen LogP contribution in [0.5, 0.6) is 0 Å². The normalized spacial score (nSPS) is 13.9. The smallest absolute Gasteiger partial charge is 0.303 e. The molecule has 3 aromatic carbocycles. The Morgan fingerprint density at radius 1 is 1.00 bits per heavy atom. The van der Waals surface area contributed by atoms with Gasteiger partial charge in [-0.15, -0.1) is 0 Å². The second-order valence-electron chi connectivity index (χ2n) is 7.84. The predicted molar refractivity (Wildman–Crippen MR) is 132 cm³/mol. The highest BCUT2D eigenvalue weighted by atomic mass is 35.5. The largest absolute Gasteiger partial charge is 0.481 e. The molecule has 0 bridgehead atoms. The van der Waals surface area contributed by atoms with Crippen molar-refractivity contribution in [2.45, 2.75) is 19.4 Å². The van der Waals surface area contributed by atoms with Crippen molar-refractivity contribution < 1.29 is 14.7 Å². The number of carbonyl (C=O) groups is 2. The number of nitrogens with one attached hydrogen (secondary N) is 3. The van der Waals surface area contributed by atoms with E-state index in [1.54, 1.807) is 12.1 Å². The van der Waals surface area contributed by atoms with Crippen molar-refractivity contribution in [3.8, 4) is 0 Å². The molecule has 0 saturated carbocycles. The summed E-state index contributed by atoms with van der Waals surface area (Å²) in [7, 11) is 1.90. The number of halogens is 1. The summed E-state index contributed by atoms with van der Waals surface area (Å²) in [6, 6.07) is 20.9. The highest BCUT2D eigenvalue weighted by Crippen LogP contribution is 2.38. The first-order valence-electron chi connectivity index (χ1n) is 10.6. The molecular formula is C26H24ClN3O3. The first-order chi connectivity index (χ1) is 15.9. The Morgan fingerprint density at radius 2 is 1.70 bits per heavy atom. The average Bonchev–Trinajstić information content (AvgIpc) is 3.12. The predicted octanol–water partition coefficient (Wildman–Crippen LogP) is 5.01. The maximum absolute atomic E-state index is 13.0. The summed E-state index contributed by atoms with van der Waals surface area (Å²) in [5.74, 6) is -1.04. The van der Waals surface area contributed by atoms with Crippen molar-refractivity contribution in [3.05, 3.63) is 94.0 Å². The fourth-order valence-corrected chi connectivity index (χ4v) is 3.99. The Kier molecular flexibility index (Phi) is 6.77. The van der Waals surface area contributed by atoms with Gasteiger partial charge in [0.1, 0.15) is 0 Å². The van der Waals surface area contributed by atoms with Crippen molar-refractivity contribution in [2.24, 2.45) is 0 Å². The van der Waals surface area contributed by atoms with Gasteiger partial charge < -0.3 is 21.1 Å². The zero-order valence-corrected chi connectivity index (χ0v) is 18.9. The van der Waals surface area contributed by atoms with Gasteiger partial charge in [0, 0.05) is 29.2 Å². The summed E-state index contributed by atoms with van der Waals surface area (Å²) >= 11 is 6.13. The van der Waals surface area contributed by atoms with Crippen LogP contribution >= 0.6 is 11.6 Å². The third-order valence-corrected chi connectivity index (χ3v) is 5.69. The van der Waals surface area contributed by atoms with Gasteiger partial charge in [0.05, 0.1) is 17.0 Å². The zero-order valence-electron chi connectivity index (χ0n) is 18.1. The van der Waals surface area contributed by atoms with E-state index >= 15 is 0 Å². The molecule has 6 nitrogen and oxygen atoms in total. The summed E-state index contributed by atoms with van der Waals surface area (Å²) in [6.07, 6.45) is 0.519. The number of carboxylic acids is 1. The molecule has 0 unspecified atom stereocenters. The van der Waals surface area contributed by atoms with Crippen molar-refractivity contribution in [2.75, 3.05) is 17.7 Å². The van der Waals surface area contributed by atoms with Crippen LogP contribution in [-0.2, 0) is 22.6 Å². The van der Waals surface area contributed by atoms with E-state index in [9.17, 15) is 9.59 Å². The molecule has 1 aliphatic heterocycles. The molecule has 1 aliphatic rings. The molecule has 1 heterocycles. The highest BCUT2D eigenvalue weighted by molar-refractivity contribution is 6.38. The molecule has 0 fully saturated rings. The first-order valence-corrected chi connectivity index (χ1v) is 11.0. The van der Waals surface area contributed by atoms with E-state index in [0.29, 0.717) is 28.4 Å². The quantitative estimate of drug-likeness (QED) is 0.354. The summed E-state index contributed by atoms with van der Waals surface area (Å²) in [5.41, 5.74) is 6.38. The Bertz CT molecular complexity index is 1220. The van der Waals surface area contributed by atoms with Gasteiger partial charge in [-0.2, -0.15) is 0 Å². The van der Waals surface area contributed by atoms with E-state index in [-0.39, 0.29) is 12.3 Å². The highest BCUT2D eigenvalue weighted by Gasteiger charge is 2.28. The Morgan fingerprint density at radius 3 is 2.36 bits per heavy atom. The van der Waals surface area contributed by atoms with E-state index in [1.807, 2.05) is 61.6 Å². The minimum Gasteiger partial charge on any atom is -0.481 e. The second-order valence-corrected chi connectivity index (χ2v) is 8.27. The van der Waals surface area contributed by atoms with Gasteiger partial charge in [-0.3, -0.25) is 9.59 Å². The fraction of sp³-hybridized carbons (Fsp3) is 0.154. The van der Waals surface area contributed by atoms with Crippen molar-refractivity contribution in [3.63, 3.8) is 0 Å². The summed E-state index contributed by atoms with van der Waals surface area (Å²) < 4.78 is 0. The van der Waals surface area contributed by atoms with E-state index < -0.39 is 5.97 Å². The lowest BCUT2D eigenvalue weighted by molar-refractivity contribution is -0.137. The number of aliphatic carboxylic acids is 1. The number of anilines is 2. The minimum absolute atomic E-state index is 0.0705. The van der Waals surface area contributed by atoms with Crippen molar-refractivity contribution >= 4 is 46.1 Å². The van der Waals surface area contributed by atoms with E-state index in [0.717, 1.165) is 34.5 Å². The third kappa shape index (κ3) is 5.25. The maximum atomic E-state index is 13.0. The van der Waals surface area contributed by atoms with E-state index in [1.165, 1.54) is 0 Å².